The number of hydrogen-bond donors (Lipinski definition) is 5. The molecule has 0 bridgehead atoms. The summed E-state index contributed by atoms with van der Waals surface area (Å²) in [5.41, 5.74) is 6.75. The van der Waals surface area contributed by atoms with Crippen molar-refractivity contribution in [2.24, 2.45) is 11.7 Å². The van der Waals surface area contributed by atoms with Gasteiger partial charge in [-0.1, -0.05) is 32.4 Å². The van der Waals surface area contributed by atoms with Crippen LogP contribution in [0.1, 0.15) is 32.3 Å². The van der Waals surface area contributed by atoms with E-state index in [1.165, 1.54) is 23.9 Å². The first-order valence-corrected chi connectivity index (χ1v) is 10.9. The normalized spacial score (nSPS) is 15.0. The standard InChI is InChI=1S/C20H31N3O5S/c1-4-12(2)17(20(27)28)23-19(26)16(9-10-29-3)22-18(25)15(21)11-13-5-7-14(24)8-6-13/h5-8,12,15-17,24H,4,9-11,21H2,1-3H3,(H,22,25)(H,23,26)(H,27,28)/t12-,15-,16-,17-/m0/s1. The maximum Gasteiger partial charge on any atom is 0.326 e. The molecule has 0 saturated carbocycles. The summed E-state index contributed by atoms with van der Waals surface area (Å²) >= 11 is 1.52. The van der Waals surface area contributed by atoms with Crippen LogP contribution in [0.15, 0.2) is 24.3 Å². The molecule has 2 amide bonds. The predicted octanol–water partition coefficient (Wildman–Crippen LogP) is 1.12. The van der Waals surface area contributed by atoms with Gasteiger partial charge in [-0.15, -0.1) is 0 Å². The van der Waals surface area contributed by atoms with Crippen LogP contribution in [-0.2, 0) is 20.8 Å². The number of thioether (sulfide) groups is 1. The summed E-state index contributed by atoms with van der Waals surface area (Å²) < 4.78 is 0. The molecule has 162 valence electrons. The Morgan fingerprint density at radius 2 is 1.76 bits per heavy atom. The molecule has 8 nitrogen and oxygen atoms in total. The van der Waals surface area contributed by atoms with Gasteiger partial charge in [0.15, 0.2) is 0 Å². The maximum atomic E-state index is 12.7. The minimum absolute atomic E-state index is 0.120. The molecule has 9 heteroatoms. The zero-order valence-electron chi connectivity index (χ0n) is 17.1. The van der Waals surface area contributed by atoms with Gasteiger partial charge in [0.25, 0.3) is 0 Å². The molecule has 4 atom stereocenters. The number of carboxylic acids is 1. The molecule has 0 saturated heterocycles. The largest absolute Gasteiger partial charge is 0.508 e. The number of rotatable bonds is 12. The van der Waals surface area contributed by atoms with Gasteiger partial charge in [0.1, 0.15) is 17.8 Å². The van der Waals surface area contributed by atoms with E-state index in [1.807, 2.05) is 13.2 Å². The van der Waals surface area contributed by atoms with Gasteiger partial charge in [0.05, 0.1) is 6.04 Å². The topological polar surface area (TPSA) is 142 Å². The highest BCUT2D eigenvalue weighted by atomic mass is 32.2. The number of benzene rings is 1. The van der Waals surface area contributed by atoms with Crippen LogP contribution in [0.3, 0.4) is 0 Å². The van der Waals surface area contributed by atoms with Gasteiger partial charge in [-0.05, 0) is 48.5 Å². The minimum Gasteiger partial charge on any atom is -0.508 e. The second-order valence-corrected chi connectivity index (χ2v) is 8.02. The molecule has 1 aromatic carbocycles. The number of carboxylic acid groups (broad SMARTS) is 1. The molecule has 0 aromatic heterocycles. The third-order valence-electron chi connectivity index (χ3n) is 4.75. The van der Waals surface area contributed by atoms with E-state index in [9.17, 15) is 24.6 Å². The van der Waals surface area contributed by atoms with E-state index in [0.717, 1.165) is 5.56 Å². The highest BCUT2D eigenvalue weighted by Gasteiger charge is 2.30. The lowest BCUT2D eigenvalue weighted by molar-refractivity contribution is -0.143. The van der Waals surface area contributed by atoms with Crippen LogP contribution in [0.25, 0.3) is 0 Å². The van der Waals surface area contributed by atoms with Crippen LogP contribution >= 0.6 is 11.8 Å². The van der Waals surface area contributed by atoms with Crippen molar-refractivity contribution in [1.29, 1.82) is 0 Å². The fourth-order valence-electron chi connectivity index (χ4n) is 2.70. The number of phenols is 1. The minimum atomic E-state index is -1.10. The molecular weight excluding hydrogens is 394 g/mol. The number of amides is 2. The SMILES string of the molecule is CC[C@H](C)[C@H](NC(=O)[C@H](CCSC)NC(=O)[C@@H](N)Cc1ccc(O)cc1)C(=O)O. The van der Waals surface area contributed by atoms with Crippen molar-refractivity contribution in [3.63, 3.8) is 0 Å². The van der Waals surface area contributed by atoms with Crippen molar-refractivity contribution in [3.05, 3.63) is 29.8 Å². The zero-order valence-corrected chi connectivity index (χ0v) is 17.9. The Bertz CT molecular complexity index is 683. The summed E-state index contributed by atoms with van der Waals surface area (Å²) in [5, 5.41) is 23.9. The fraction of sp³-hybridized carbons (Fsp3) is 0.550. The molecule has 0 aliphatic rings. The van der Waals surface area contributed by atoms with Crippen LogP contribution < -0.4 is 16.4 Å². The third-order valence-corrected chi connectivity index (χ3v) is 5.39. The molecule has 0 radical (unpaired) electrons. The Balaban J connectivity index is 2.79. The Morgan fingerprint density at radius 3 is 2.28 bits per heavy atom. The van der Waals surface area contributed by atoms with Crippen molar-refractivity contribution in [1.82, 2.24) is 10.6 Å². The predicted molar refractivity (Wildman–Crippen MR) is 114 cm³/mol. The van der Waals surface area contributed by atoms with Gasteiger partial charge in [0.2, 0.25) is 11.8 Å². The quantitative estimate of drug-likeness (QED) is 0.338. The molecule has 29 heavy (non-hydrogen) atoms. The highest BCUT2D eigenvalue weighted by molar-refractivity contribution is 7.98. The number of carbonyl (C=O) groups excluding carboxylic acids is 2. The zero-order chi connectivity index (χ0) is 22.0. The molecule has 0 heterocycles. The molecule has 0 spiro atoms. The van der Waals surface area contributed by atoms with Gasteiger partial charge in [0, 0.05) is 0 Å². The molecular formula is C20H31N3O5S. The summed E-state index contributed by atoms with van der Waals surface area (Å²) in [5.74, 6) is -1.63. The van der Waals surface area contributed by atoms with E-state index in [0.29, 0.717) is 18.6 Å². The Morgan fingerprint density at radius 1 is 1.14 bits per heavy atom. The molecule has 0 aliphatic heterocycles. The van der Waals surface area contributed by atoms with E-state index < -0.39 is 35.9 Å². The van der Waals surface area contributed by atoms with E-state index in [-0.39, 0.29) is 18.1 Å². The van der Waals surface area contributed by atoms with Crippen LogP contribution in [0.5, 0.6) is 5.75 Å². The Kier molecular flexibility index (Phi) is 10.5. The molecule has 1 rings (SSSR count). The first kappa shape index (κ1) is 24.8. The van der Waals surface area contributed by atoms with Gasteiger partial charge in [-0.2, -0.15) is 11.8 Å². The van der Waals surface area contributed by atoms with Crippen LogP contribution in [0, 0.1) is 5.92 Å². The van der Waals surface area contributed by atoms with Gasteiger partial charge in [-0.25, -0.2) is 4.79 Å². The summed E-state index contributed by atoms with van der Waals surface area (Å²) in [6.45, 7) is 3.60. The molecule has 6 N–H and O–H groups in total. The number of nitrogens with two attached hydrogens (primary N) is 1. The number of nitrogens with one attached hydrogen (secondary N) is 2. The number of hydrogen-bond acceptors (Lipinski definition) is 6. The summed E-state index contributed by atoms with van der Waals surface area (Å²) in [7, 11) is 0. The highest BCUT2D eigenvalue weighted by Crippen LogP contribution is 2.12. The molecule has 1 aromatic rings. The molecule has 0 aliphatic carbocycles. The third kappa shape index (κ3) is 8.33. The average molecular weight is 426 g/mol. The van der Waals surface area contributed by atoms with Crippen molar-refractivity contribution >= 4 is 29.5 Å². The number of aliphatic carboxylic acids is 1. The van der Waals surface area contributed by atoms with Crippen LogP contribution in [0.2, 0.25) is 0 Å². The van der Waals surface area contributed by atoms with Gasteiger partial charge in [-0.3, -0.25) is 9.59 Å². The lowest BCUT2D eigenvalue weighted by atomic mass is 9.98. The van der Waals surface area contributed by atoms with Crippen molar-refractivity contribution in [3.8, 4) is 5.75 Å². The van der Waals surface area contributed by atoms with Crippen molar-refractivity contribution in [2.75, 3.05) is 12.0 Å². The lowest BCUT2D eigenvalue weighted by Gasteiger charge is -2.25. The smallest absolute Gasteiger partial charge is 0.326 e. The van der Waals surface area contributed by atoms with Crippen LogP contribution in [0.4, 0.5) is 0 Å². The van der Waals surface area contributed by atoms with Crippen molar-refractivity contribution < 1.29 is 24.6 Å². The Labute approximate surface area is 175 Å². The fourth-order valence-corrected chi connectivity index (χ4v) is 3.17. The summed E-state index contributed by atoms with van der Waals surface area (Å²) in [6.07, 6.45) is 3.08. The van der Waals surface area contributed by atoms with Gasteiger partial charge >= 0.3 is 5.97 Å². The molecule has 0 unspecified atom stereocenters. The van der Waals surface area contributed by atoms with E-state index in [4.69, 9.17) is 5.73 Å². The monoisotopic (exact) mass is 425 g/mol. The van der Waals surface area contributed by atoms with Crippen LogP contribution in [-0.4, -0.2) is 58.1 Å². The summed E-state index contributed by atoms with van der Waals surface area (Å²) in [6, 6.07) is 3.59. The number of carbonyl (C=O) groups is 3. The van der Waals surface area contributed by atoms with E-state index in [2.05, 4.69) is 10.6 Å². The van der Waals surface area contributed by atoms with Crippen molar-refractivity contribution in [2.45, 2.75) is 51.2 Å². The van der Waals surface area contributed by atoms with E-state index in [1.54, 1.807) is 19.1 Å². The number of phenolic OH excluding ortho intramolecular Hbond substituents is 1. The average Bonchev–Trinajstić information content (AvgIpc) is 2.69. The second kappa shape index (κ2) is 12.3. The first-order chi connectivity index (χ1) is 13.7. The van der Waals surface area contributed by atoms with Gasteiger partial charge < -0.3 is 26.6 Å². The molecule has 0 fully saturated rings. The Hall–Kier alpha value is -2.26. The number of aromatic hydroxyl groups is 1. The maximum absolute atomic E-state index is 12.7. The first-order valence-electron chi connectivity index (χ1n) is 9.55. The summed E-state index contributed by atoms with van der Waals surface area (Å²) in [4.78, 5) is 36.7. The second-order valence-electron chi connectivity index (χ2n) is 7.03. The lowest BCUT2D eigenvalue weighted by Crippen LogP contribution is -2.56. The van der Waals surface area contributed by atoms with E-state index >= 15 is 0 Å².